The zero-order valence-corrected chi connectivity index (χ0v) is 17.1. The molecule has 2 aromatic rings. The van der Waals surface area contributed by atoms with Gasteiger partial charge in [0.05, 0.1) is 30.8 Å². The molecular weight excluding hydrogens is 430 g/mol. The van der Waals surface area contributed by atoms with E-state index in [1.165, 1.54) is 12.3 Å². The van der Waals surface area contributed by atoms with Crippen LogP contribution in [0.4, 0.5) is 5.69 Å². The molecule has 0 aliphatic rings. The average molecular weight is 450 g/mol. The Bertz CT molecular complexity index is 886. The predicted molar refractivity (Wildman–Crippen MR) is 109 cm³/mol. The largest absolute Gasteiger partial charge is 0.490 e. The van der Waals surface area contributed by atoms with Crippen molar-refractivity contribution >= 4 is 33.7 Å². The van der Waals surface area contributed by atoms with E-state index in [1.54, 1.807) is 30.3 Å². The van der Waals surface area contributed by atoms with Crippen molar-refractivity contribution in [3.8, 4) is 11.5 Å². The number of ether oxygens (including phenoxy) is 2. The van der Waals surface area contributed by atoms with Gasteiger partial charge in [-0.15, -0.1) is 0 Å². The first-order chi connectivity index (χ1) is 13.5. The monoisotopic (exact) mass is 449 g/mol. The number of para-hydroxylation sites is 1. The van der Waals surface area contributed by atoms with Gasteiger partial charge in [0.1, 0.15) is 0 Å². The number of nitrogens with one attached hydrogen (secondary N) is 1. The predicted octanol–water partition coefficient (Wildman–Crippen LogP) is 3.85. The minimum atomic E-state index is -0.516. The van der Waals surface area contributed by atoms with Gasteiger partial charge in [-0.2, -0.15) is 5.10 Å². The molecule has 0 radical (unpaired) electrons. The van der Waals surface area contributed by atoms with Crippen LogP contribution in [0, 0.1) is 10.1 Å². The number of hydrogen-bond acceptors (Lipinski definition) is 6. The third-order valence-electron chi connectivity index (χ3n) is 3.59. The summed E-state index contributed by atoms with van der Waals surface area (Å²) in [6.07, 6.45) is 1.31. The number of halogens is 1. The van der Waals surface area contributed by atoms with Gasteiger partial charge in [-0.05, 0) is 41.9 Å². The summed E-state index contributed by atoms with van der Waals surface area (Å²) in [5.41, 5.74) is 3.28. The number of benzene rings is 2. The van der Waals surface area contributed by atoms with E-state index in [-0.39, 0.29) is 12.1 Å². The number of hydrazone groups is 1. The van der Waals surface area contributed by atoms with Crippen LogP contribution in [0.15, 0.2) is 46.0 Å². The number of hydrogen-bond donors (Lipinski definition) is 1. The lowest BCUT2D eigenvalue weighted by atomic mass is 10.1. The van der Waals surface area contributed by atoms with Crippen molar-refractivity contribution in [2.75, 3.05) is 13.2 Å². The molecule has 0 spiro atoms. The first kappa shape index (κ1) is 21.4. The lowest BCUT2D eigenvalue weighted by Crippen LogP contribution is -2.20. The van der Waals surface area contributed by atoms with E-state index in [2.05, 4.69) is 26.5 Å². The van der Waals surface area contributed by atoms with Gasteiger partial charge in [0.15, 0.2) is 11.5 Å². The van der Waals surface area contributed by atoms with E-state index in [0.717, 1.165) is 4.47 Å². The van der Waals surface area contributed by atoms with Crippen LogP contribution in [0.3, 0.4) is 0 Å². The van der Waals surface area contributed by atoms with Crippen molar-refractivity contribution in [1.29, 1.82) is 0 Å². The average Bonchev–Trinajstić information content (AvgIpc) is 2.65. The normalized spacial score (nSPS) is 10.7. The zero-order valence-electron chi connectivity index (χ0n) is 15.5. The SMILES string of the molecule is CCOc1cc(Br)c(/C=N/NC(=O)Cc2ccccc2[N+](=O)[O-])cc1OCC. The van der Waals surface area contributed by atoms with Crippen molar-refractivity contribution in [3.63, 3.8) is 0 Å². The number of nitro benzene ring substituents is 1. The molecular formula is C19H20BrN3O5. The quantitative estimate of drug-likeness (QED) is 0.355. The van der Waals surface area contributed by atoms with E-state index < -0.39 is 10.8 Å². The van der Waals surface area contributed by atoms with Crippen LogP contribution in [0.25, 0.3) is 0 Å². The maximum absolute atomic E-state index is 12.1. The smallest absolute Gasteiger partial charge is 0.273 e. The number of rotatable bonds is 9. The number of carbonyl (C=O) groups is 1. The summed E-state index contributed by atoms with van der Waals surface area (Å²) >= 11 is 3.43. The Labute approximate surface area is 170 Å². The van der Waals surface area contributed by atoms with Gasteiger partial charge in [0, 0.05) is 21.7 Å². The highest BCUT2D eigenvalue weighted by atomic mass is 79.9. The van der Waals surface area contributed by atoms with Gasteiger partial charge in [-0.25, -0.2) is 5.43 Å². The fraction of sp³-hybridized carbons (Fsp3) is 0.263. The number of amides is 1. The molecule has 0 atom stereocenters. The van der Waals surface area contributed by atoms with E-state index >= 15 is 0 Å². The first-order valence-corrected chi connectivity index (χ1v) is 9.38. The molecule has 0 aromatic heterocycles. The zero-order chi connectivity index (χ0) is 20.5. The molecule has 1 N–H and O–H groups in total. The summed E-state index contributed by atoms with van der Waals surface area (Å²) < 4.78 is 11.8. The lowest BCUT2D eigenvalue weighted by molar-refractivity contribution is -0.385. The molecule has 8 nitrogen and oxygen atoms in total. The van der Waals surface area contributed by atoms with E-state index in [9.17, 15) is 14.9 Å². The molecule has 0 bridgehead atoms. The second-order valence-corrected chi connectivity index (χ2v) is 6.40. The van der Waals surface area contributed by atoms with Crippen LogP contribution in [-0.2, 0) is 11.2 Å². The molecule has 0 saturated carbocycles. The van der Waals surface area contributed by atoms with Crippen molar-refractivity contribution < 1.29 is 19.2 Å². The van der Waals surface area contributed by atoms with Gasteiger partial charge < -0.3 is 9.47 Å². The molecule has 28 heavy (non-hydrogen) atoms. The Kier molecular flexibility index (Phi) is 7.94. The standard InChI is InChI=1S/C19H20BrN3O5/c1-3-27-17-9-14(15(20)11-18(17)28-4-2)12-21-22-19(24)10-13-7-5-6-8-16(13)23(25)26/h5-9,11-12H,3-4,10H2,1-2H3,(H,22,24)/b21-12+. The highest BCUT2D eigenvalue weighted by Gasteiger charge is 2.15. The molecule has 0 heterocycles. The molecule has 9 heteroatoms. The van der Waals surface area contributed by atoms with Gasteiger partial charge >= 0.3 is 0 Å². The molecule has 0 unspecified atom stereocenters. The summed E-state index contributed by atoms with van der Waals surface area (Å²) in [6.45, 7) is 4.73. The summed E-state index contributed by atoms with van der Waals surface area (Å²) in [4.78, 5) is 22.6. The Morgan fingerprint density at radius 1 is 1.21 bits per heavy atom. The van der Waals surface area contributed by atoms with Gasteiger partial charge in [0.25, 0.3) is 5.69 Å². The summed E-state index contributed by atoms with van der Waals surface area (Å²) in [5, 5.41) is 14.9. The molecule has 148 valence electrons. The molecule has 0 saturated heterocycles. The van der Waals surface area contributed by atoms with E-state index in [4.69, 9.17) is 9.47 Å². The van der Waals surface area contributed by atoms with Crippen molar-refractivity contribution in [1.82, 2.24) is 5.43 Å². The molecule has 2 rings (SSSR count). The van der Waals surface area contributed by atoms with Crippen LogP contribution >= 0.6 is 15.9 Å². The Morgan fingerprint density at radius 2 is 1.86 bits per heavy atom. The maximum atomic E-state index is 12.1. The van der Waals surface area contributed by atoms with Crippen molar-refractivity contribution in [2.45, 2.75) is 20.3 Å². The van der Waals surface area contributed by atoms with Gasteiger partial charge in [-0.1, -0.05) is 18.2 Å². The topological polar surface area (TPSA) is 103 Å². The molecule has 1 amide bonds. The molecule has 0 aliphatic heterocycles. The summed E-state index contributed by atoms with van der Waals surface area (Å²) in [7, 11) is 0. The number of carbonyl (C=O) groups excluding carboxylic acids is 1. The Hall–Kier alpha value is -2.94. The second kappa shape index (κ2) is 10.4. The highest BCUT2D eigenvalue weighted by molar-refractivity contribution is 9.10. The van der Waals surface area contributed by atoms with E-state index in [1.807, 2.05) is 13.8 Å². The molecule has 0 aliphatic carbocycles. The third kappa shape index (κ3) is 5.78. The number of nitrogens with zero attached hydrogens (tertiary/aromatic N) is 2. The van der Waals surface area contributed by atoms with Crippen LogP contribution in [0.1, 0.15) is 25.0 Å². The fourth-order valence-electron chi connectivity index (χ4n) is 2.41. The lowest BCUT2D eigenvalue weighted by Gasteiger charge is -2.12. The third-order valence-corrected chi connectivity index (χ3v) is 4.28. The van der Waals surface area contributed by atoms with Crippen molar-refractivity contribution in [2.24, 2.45) is 5.10 Å². The Morgan fingerprint density at radius 3 is 2.50 bits per heavy atom. The fourth-order valence-corrected chi connectivity index (χ4v) is 2.84. The van der Waals surface area contributed by atoms with Crippen LogP contribution in [0.2, 0.25) is 0 Å². The summed E-state index contributed by atoms with van der Waals surface area (Å²) in [5.74, 6) is 0.715. The minimum Gasteiger partial charge on any atom is -0.490 e. The minimum absolute atomic E-state index is 0.0998. The van der Waals surface area contributed by atoms with Gasteiger partial charge in [-0.3, -0.25) is 14.9 Å². The van der Waals surface area contributed by atoms with Gasteiger partial charge in [0.2, 0.25) is 5.91 Å². The van der Waals surface area contributed by atoms with Crippen LogP contribution < -0.4 is 14.9 Å². The molecule has 0 fully saturated rings. The molecule has 2 aromatic carbocycles. The summed E-state index contributed by atoms with van der Waals surface area (Å²) in [6, 6.07) is 9.61. The first-order valence-electron chi connectivity index (χ1n) is 8.59. The van der Waals surface area contributed by atoms with E-state index in [0.29, 0.717) is 35.8 Å². The highest BCUT2D eigenvalue weighted by Crippen LogP contribution is 2.33. The Balaban J connectivity index is 2.09. The van der Waals surface area contributed by atoms with Crippen LogP contribution in [0.5, 0.6) is 11.5 Å². The maximum Gasteiger partial charge on any atom is 0.273 e. The number of nitro groups is 1. The van der Waals surface area contributed by atoms with Crippen molar-refractivity contribution in [3.05, 3.63) is 62.1 Å². The van der Waals surface area contributed by atoms with Crippen LogP contribution in [-0.4, -0.2) is 30.3 Å². The second-order valence-electron chi connectivity index (χ2n) is 5.54.